The molecule has 0 aliphatic rings. The van der Waals surface area contributed by atoms with Gasteiger partial charge in [-0.25, -0.2) is 9.13 Å². The number of ether oxygens (including phenoxy) is 4. The van der Waals surface area contributed by atoms with Crippen LogP contribution in [0.5, 0.6) is 0 Å². The number of rotatable bonds is 77. The quantitative estimate of drug-likeness (QED) is 0.0169. The van der Waals surface area contributed by atoms with Crippen molar-refractivity contribution in [3.63, 3.8) is 0 Å². The van der Waals surface area contributed by atoms with Gasteiger partial charge in [0.2, 0.25) is 0 Å². The summed E-state index contributed by atoms with van der Waals surface area (Å²) >= 11 is 0. The van der Waals surface area contributed by atoms with Crippen LogP contribution in [0, 0.1) is 0 Å². The molecule has 0 amide bonds. The Morgan fingerprint density at radius 2 is 0.495 bits per heavy atom. The molecule has 0 spiro atoms. The standard InChI is InChI=1S/C78H148O17P2/c1-5-9-13-17-21-25-28-31-33-34-35-36-37-38-40-42-45-49-53-57-61-65-78(83)95-74(69-89-76(81)63-59-55-51-47-44-41-39-32-29-26-22-18-14-10-6-2)71-93-97(86,87)91-67-72(79)66-90-96(84,85)92-70-73(68-88-75(80)62-58-54-50-46-24-20-16-12-8-4)94-77(82)64-60-56-52-48-43-30-27-23-19-15-11-7-3/h26,29,32,39,72-74,79H,5-25,27-28,30-31,33-38,40-71H2,1-4H3,(H,84,85)(H,86,87)/b29-26-,39-32-/t72-,73+,74+/m0/s1. The van der Waals surface area contributed by atoms with Gasteiger partial charge in [0.25, 0.3) is 0 Å². The molecule has 0 bridgehead atoms. The van der Waals surface area contributed by atoms with E-state index in [1.165, 1.54) is 205 Å². The first-order valence-electron chi connectivity index (χ1n) is 40.1. The van der Waals surface area contributed by atoms with Crippen LogP contribution in [0.15, 0.2) is 24.3 Å². The van der Waals surface area contributed by atoms with E-state index < -0.39 is 97.5 Å². The number of phosphoric acid groups is 2. The highest BCUT2D eigenvalue weighted by Crippen LogP contribution is 2.45. The van der Waals surface area contributed by atoms with Gasteiger partial charge in [-0.05, 0) is 51.4 Å². The number of unbranched alkanes of at least 4 members (excludes halogenated alkanes) is 48. The van der Waals surface area contributed by atoms with Crippen LogP contribution < -0.4 is 0 Å². The normalized spacial score (nSPS) is 14.0. The molecule has 572 valence electrons. The average molecular weight is 1420 g/mol. The lowest BCUT2D eigenvalue weighted by Crippen LogP contribution is -2.30. The first-order chi connectivity index (χ1) is 47.2. The Morgan fingerprint density at radius 3 is 0.753 bits per heavy atom. The molecule has 97 heavy (non-hydrogen) atoms. The van der Waals surface area contributed by atoms with Crippen molar-refractivity contribution in [2.75, 3.05) is 39.6 Å². The molecular weight excluding hydrogens is 1270 g/mol. The number of phosphoric ester groups is 2. The summed E-state index contributed by atoms with van der Waals surface area (Å²) in [5, 5.41) is 10.6. The zero-order valence-corrected chi connectivity index (χ0v) is 64.3. The van der Waals surface area contributed by atoms with E-state index in [4.69, 9.17) is 37.0 Å². The molecule has 0 fully saturated rings. The summed E-state index contributed by atoms with van der Waals surface area (Å²) < 4.78 is 68.5. The van der Waals surface area contributed by atoms with Gasteiger partial charge < -0.3 is 33.8 Å². The number of carbonyl (C=O) groups is 4. The summed E-state index contributed by atoms with van der Waals surface area (Å²) in [6.45, 7) is 4.91. The molecular formula is C78H148O17P2. The number of esters is 4. The number of hydrogen-bond acceptors (Lipinski definition) is 15. The number of aliphatic hydroxyl groups is 1. The lowest BCUT2D eigenvalue weighted by molar-refractivity contribution is -0.161. The van der Waals surface area contributed by atoms with E-state index in [0.29, 0.717) is 25.7 Å². The maximum Gasteiger partial charge on any atom is 0.472 e. The molecule has 0 radical (unpaired) electrons. The third-order valence-corrected chi connectivity index (χ3v) is 19.6. The molecule has 3 N–H and O–H groups in total. The van der Waals surface area contributed by atoms with Crippen LogP contribution in [0.2, 0.25) is 0 Å². The van der Waals surface area contributed by atoms with Crippen molar-refractivity contribution in [2.24, 2.45) is 0 Å². The molecule has 0 saturated heterocycles. The van der Waals surface area contributed by atoms with Gasteiger partial charge in [-0.2, -0.15) is 0 Å². The Morgan fingerprint density at radius 1 is 0.289 bits per heavy atom. The largest absolute Gasteiger partial charge is 0.472 e. The van der Waals surface area contributed by atoms with Crippen LogP contribution >= 0.6 is 15.6 Å². The second kappa shape index (κ2) is 71.9. The highest BCUT2D eigenvalue weighted by Gasteiger charge is 2.30. The van der Waals surface area contributed by atoms with Gasteiger partial charge in [0.05, 0.1) is 26.4 Å². The van der Waals surface area contributed by atoms with Crippen molar-refractivity contribution in [3.8, 4) is 0 Å². The highest BCUT2D eigenvalue weighted by molar-refractivity contribution is 7.47. The average Bonchev–Trinajstić information content (AvgIpc) is 2.10. The summed E-state index contributed by atoms with van der Waals surface area (Å²) in [6, 6.07) is 0. The van der Waals surface area contributed by atoms with Crippen molar-refractivity contribution >= 4 is 39.5 Å². The lowest BCUT2D eigenvalue weighted by Gasteiger charge is -2.21. The smallest absolute Gasteiger partial charge is 0.462 e. The van der Waals surface area contributed by atoms with Gasteiger partial charge >= 0.3 is 39.5 Å². The molecule has 0 rings (SSSR count). The predicted molar refractivity (Wildman–Crippen MR) is 395 cm³/mol. The van der Waals surface area contributed by atoms with Gasteiger partial charge in [-0.1, -0.05) is 341 Å². The molecule has 2 unspecified atom stereocenters. The van der Waals surface area contributed by atoms with Crippen LogP contribution in [0.25, 0.3) is 0 Å². The zero-order chi connectivity index (χ0) is 71.1. The van der Waals surface area contributed by atoms with E-state index in [-0.39, 0.29) is 25.7 Å². The third-order valence-electron chi connectivity index (χ3n) is 17.7. The Balaban J connectivity index is 5.22. The topological polar surface area (TPSA) is 237 Å². The van der Waals surface area contributed by atoms with Crippen LogP contribution in [-0.2, 0) is 65.4 Å². The third kappa shape index (κ3) is 71.7. The Labute approximate surface area is 592 Å². The summed E-state index contributed by atoms with van der Waals surface area (Å²) in [4.78, 5) is 72.8. The van der Waals surface area contributed by atoms with Crippen LogP contribution in [0.1, 0.15) is 394 Å². The Kier molecular flexibility index (Phi) is 70.1. The fourth-order valence-corrected chi connectivity index (χ4v) is 13.1. The fraction of sp³-hybridized carbons (Fsp3) is 0.897. The van der Waals surface area contributed by atoms with Crippen molar-refractivity contribution in [1.29, 1.82) is 0 Å². The Hall–Kier alpha value is -2.46. The second-order valence-corrected chi connectivity index (χ2v) is 30.3. The molecule has 0 heterocycles. The SMILES string of the molecule is CCCCCC/C=C\C=C/CCCCCCCC(=O)OC[C@H](COP(=O)(O)OC[C@@H](O)COP(=O)(O)OC[C@@H](COC(=O)CCCCCCCCCCC)OC(=O)CCCCCCCCCCCCCC)OC(=O)CCCCCCCCCCCCCCCCCCCCCCC. The highest BCUT2D eigenvalue weighted by atomic mass is 31.2. The van der Waals surface area contributed by atoms with E-state index in [2.05, 4.69) is 52.0 Å². The van der Waals surface area contributed by atoms with Crippen LogP contribution in [0.3, 0.4) is 0 Å². The maximum absolute atomic E-state index is 13.1. The fourth-order valence-electron chi connectivity index (χ4n) is 11.6. The minimum atomic E-state index is -4.96. The molecule has 0 aromatic rings. The molecule has 0 aromatic carbocycles. The van der Waals surface area contributed by atoms with E-state index in [0.717, 1.165) is 109 Å². The predicted octanol–water partition coefficient (Wildman–Crippen LogP) is 23.0. The van der Waals surface area contributed by atoms with Gasteiger partial charge in [0.15, 0.2) is 12.2 Å². The van der Waals surface area contributed by atoms with E-state index >= 15 is 0 Å². The van der Waals surface area contributed by atoms with E-state index in [1.807, 2.05) is 0 Å². The van der Waals surface area contributed by atoms with E-state index in [9.17, 15) is 43.2 Å². The summed E-state index contributed by atoms with van der Waals surface area (Å²) in [5.74, 6) is -2.14. The summed E-state index contributed by atoms with van der Waals surface area (Å²) in [5.41, 5.74) is 0. The van der Waals surface area contributed by atoms with Gasteiger partial charge in [0.1, 0.15) is 19.3 Å². The number of aliphatic hydroxyl groups excluding tert-OH is 1. The first-order valence-corrected chi connectivity index (χ1v) is 43.1. The van der Waals surface area contributed by atoms with Gasteiger partial charge in [-0.15, -0.1) is 0 Å². The molecule has 17 nitrogen and oxygen atoms in total. The van der Waals surface area contributed by atoms with Crippen molar-refractivity contribution in [2.45, 2.75) is 412 Å². The zero-order valence-electron chi connectivity index (χ0n) is 62.5. The molecule has 0 aromatic heterocycles. The van der Waals surface area contributed by atoms with E-state index in [1.54, 1.807) is 0 Å². The minimum Gasteiger partial charge on any atom is -0.462 e. The molecule has 19 heteroatoms. The number of carbonyl (C=O) groups excluding carboxylic acids is 4. The number of allylic oxidation sites excluding steroid dienone is 4. The Bertz CT molecular complexity index is 1940. The van der Waals surface area contributed by atoms with Crippen molar-refractivity contribution in [1.82, 2.24) is 0 Å². The van der Waals surface area contributed by atoms with Crippen LogP contribution in [0.4, 0.5) is 0 Å². The molecule has 0 aliphatic heterocycles. The van der Waals surface area contributed by atoms with Crippen LogP contribution in [-0.4, -0.2) is 96.7 Å². The molecule has 5 atom stereocenters. The molecule has 0 aliphatic carbocycles. The lowest BCUT2D eigenvalue weighted by atomic mass is 10.0. The summed E-state index contributed by atoms with van der Waals surface area (Å²) in [7, 11) is -9.92. The van der Waals surface area contributed by atoms with Crippen molar-refractivity contribution < 1.29 is 80.2 Å². The van der Waals surface area contributed by atoms with Crippen molar-refractivity contribution in [3.05, 3.63) is 24.3 Å². The minimum absolute atomic E-state index is 0.102. The summed E-state index contributed by atoms with van der Waals surface area (Å²) in [6.07, 6.45) is 66.1. The monoisotopic (exact) mass is 1420 g/mol. The maximum atomic E-state index is 13.1. The second-order valence-electron chi connectivity index (χ2n) is 27.4. The first kappa shape index (κ1) is 94.5. The number of hydrogen-bond donors (Lipinski definition) is 3. The van der Waals surface area contributed by atoms with Gasteiger partial charge in [0, 0.05) is 25.7 Å². The molecule has 0 saturated carbocycles. The van der Waals surface area contributed by atoms with Gasteiger partial charge in [-0.3, -0.25) is 37.3 Å².